The van der Waals surface area contributed by atoms with Crippen molar-refractivity contribution in [2.45, 2.75) is 26.7 Å². The molecule has 14 heavy (non-hydrogen) atoms. The summed E-state index contributed by atoms with van der Waals surface area (Å²) in [5.74, 6) is 0. The van der Waals surface area contributed by atoms with E-state index in [4.69, 9.17) is 0 Å². The minimum Gasteiger partial charge on any atom is -0.320 e. The molecule has 0 aliphatic rings. The molecule has 0 heterocycles. The van der Waals surface area contributed by atoms with Gasteiger partial charge < -0.3 is 15.5 Å². The Morgan fingerprint density at radius 3 is 1.71 bits per heavy atom. The topological polar surface area (TPSA) is 27.3 Å². The summed E-state index contributed by atoms with van der Waals surface area (Å²) in [5, 5.41) is 6.13. The molecule has 0 saturated carbocycles. The third-order valence-electron chi connectivity index (χ3n) is 1.85. The predicted octanol–water partition coefficient (Wildman–Crippen LogP) is 1.16. The van der Waals surface area contributed by atoms with Crippen molar-refractivity contribution in [3.05, 3.63) is 0 Å². The van der Waals surface area contributed by atoms with Gasteiger partial charge in [0.15, 0.2) is 0 Å². The van der Waals surface area contributed by atoms with Crippen LogP contribution in [0.5, 0.6) is 0 Å². The van der Waals surface area contributed by atoms with Crippen LogP contribution in [0.25, 0.3) is 0 Å². The smallest absolute Gasteiger partial charge is 0.0104 e. The van der Waals surface area contributed by atoms with Crippen molar-refractivity contribution in [2.75, 3.05) is 47.3 Å². The summed E-state index contributed by atoms with van der Waals surface area (Å²) in [7, 11) is 6.10. The van der Waals surface area contributed by atoms with Crippen LogP contribution in [0.15, 0.2) is 0 Å². The van der Waals surface area contributed by atoms with Crippen LogP contribution in [0.1, 0.15) is 26.7 Å². The zero-order chi connectivity index (χ0) is 11.2. The number of nitrogens with zero attached hydrogens (tertiary/aromatic N) is 1. The highest BCUT2D eigenvalue weighted by Crippen LogP contribution is 1.82. The van der Waals surface area contributed by atoms with Gasteiger partial charge in [-0.1, -0.05) is 13.8 Å². The van der Waals surface area contributed by atoms with E-state index in [0.29, 0.717) is 0 Å². The van der Waals surface area contributed by atoms with Crippen LogP contribution in [0, 0.1) is 0 Å². The van der Waals surface area contributed by atoms with E-state index in [0.717, 1.165) is 19.6 Å². The molecule has 0 amide bonds. The van der Waals surface area contributed by atoms with Crippen molar-refractivity contribution in [3.8, 4) is 0 Å². The van der Waals surface area contributed by atoms with Gasteiger partial charge in [0.2, 0.25) is 0 Å². The first-order chi connectivity index (χ1) is 6.72. The fourth-order valence-corrected chi connectivity index (χ4v) is 1.05. The highest BCUT2D eigenvalue weighted by molar-refractivity contribution is 4.50. The Hall–Kier alpha value is -0.120. The average Bonchev–Trinajstić information content (AvgIpc) is 2.17. The van der Waals surface area contributed by atoms with Gasteiger partial charge in [-0.2, -0.15) is 0 Å². The quantitative estimate of drug-likeness (QED) is 0.650. The second-order valence-electron chi connectivity index (χ2n) is 3.51. The van der Waals surface area contributed by atoms with Crippen molar-refractivity contribution in [1.29, 1.82) is 0 Å². The first-order valence-corrected chi connectivity index (χ1v) is 5.70. The van der Waals surface area contributed by atoms with Crippen LogP contribution in [0.3, 0.4) is 0 Å². The van der Waals surface area contributed by atoms with E-state index < -0.39 is 0 Å². The second kappa shape index (κ2) is 15.4. The Balaban J connectivity index is 0. The van der Waals surface area contributed by atoms with Gasteiger partial charge in [0.1, 0.15) is 0 Å². The molecule has 0 aromatic heterocycles. The van der Waals surface area contributed by atoms with E-state index in [9.17, 15) is 0 Å². The molecule has 0 spiro atoms. The Kier molecular flexibility index (Phi) is 17.9. The first kappa shape index (κ1) is 16.3. The minimum atomic E-state index is 1.09. The van der Waals surface area contributed by atoms with Gasteiger partial charge in [0.25, 0.3) is 0 Å². The molecule has 0 aliphatic heterocycles. The first-order valence-electron chi connectivity index (χ1n) is 5.70. The third-order valence-corrected chi connectivity index (χ3v) is 1.85. The van der Waals surface area contributed by atoms with E-state index in [2.05, 4.69) is 36.4 Å². The Morgan fingerprint density at radius 2 is 1.43 bits per heavy atom. The normalized spacial score (nSPS) is 9.86. The molecule has 88 valence electrons. The van der Waals surface area contributed by atoms with Crippen LogP contribution >= 0.6 is 0 Å². The standard InChI is InChI=1S/C7H18N2.C4H11N/c1-4-6-9(3)7-5-8-2;1-3-4-5-2/h8H,4-7H2,1-3H3;5H,3-4H2,1-2H3. The summed E-state index contributed by atoms with van der Waals surface area (Å²) in [6, 6.07) is 0. The Morgan fingerprint density at radius 1 is 0.857 bits per heavy atom. The van der Waals surface area contributed by atoms with Gasteiger partial charge in [-0.05, 0) is 47.1 Å². The summed E-state index contributed by atoms with van der Waals surface area (Å²) in [4.78, 5) is 2.33. The lowest BCUT2D eigenvalue weighted by Gasteiger charge is -2.13. The molecule has 0 aliphatic carbocycles. The minimum absolute atomic E-state index is 1.09. The molecule has 3 heteroatoms. The third kappa shape index (κ3) is 17.8. The zero-order valence-electron chi connectivity index (χ0n) is 10.7. The van der Waals surface area contributed by atoms with Gasteiger partial charge in [0, 0.05) is 13.1 Å². The molecule has 2 N–H and O–H groups in total. The lowest BCUT2D eigenvalue weighted by Crippen LogP contribution is -2.27. The molecule has 0 atom stereocenters. The number of hydrogen-bond acceptors (Lipinski definition) is 3. The Bertz CT molecular complexity index is 84.6. The fraction of sp³-hybridized carbons (Fsp3) is 1.00. The van der Waals surface area contributed by atoms with E-state index in [1.165, 1.54) is 19.4 Å². The summed E-state index contributed by atoms with van der Waals surface area (Å²) in [5.41, 5.74) is 0. The molecule has 0 bridgehead atoms. The summed E-state index contributed by atoms with van der Waals surface area (Å²) in [6.45, 7) is 8.95. The number of likely N-dealkylation sites (N-methyl/N-ethyl adjacent to an activating group) is 2. The number of nitrogens with one attached hydrogen (secondary N) is 2. The molecular formula is C11H29N3. The summed E-state index contributed by atoms with van der Waals surface area (Å²) < 4.78 is 0. The lowest BCUT2D eigenvalue weighted by atomic mass is 10.4. The van der Waals surface area contributed by atoms with E-state index in [-0.39, 0.29) is 0 Å². The molecule has 0 saturated heterocycles. The van der Waals surface area contributed by atoms with Crippen molar-refractivity contribution in [3.63, 3.8) is 0 Å². The Labute approximate surface area is 90.3 Å². The van der Waals surface area contributed by atoms with Crippen molar-refractivity contribution in [1.82, 2.24) is 15.5 Å². The maximum atomic E-state index is 3.12. The fourth-order valence-electron chi connectivity index (χ4n) is 1.05. The average molecular weight is 203 g/mol. The monoisotopic (exact) mass is 203 g/mol. The SMILES string of the molecule is CCCN(C)CCNC.CCCNC. The van der Waals surface area contributed by atoms with Gasteiger partial charge in [-0.3, -0.25) is 0 Å². The second-order valence-corrected chi connectivity index (χ2v) is 3.51. The van der Waals surface area contributed by atoms with Crippen molar-refractivity contribution >= 4 is 0 Å². The van der Waals surface area contributed by atoms with Gasteiger partial charge in [0.05, 0.1) is 0 Å². The summed E-state index contributed by atoms with van der Waals surface area (Å²) >= 11 is 0. The molecule has 0 rings (SSSR count). The van der Waals surface area contributed by atoms with Gasteiger partial charge in [-0.15, -0.1) is 0 Å². The van der Waals surface area contributed by atoms with Gasteiger partial charge in [-0.25, -0.2) is 0 Å². The maximum Gasteiger partial charge on any atom is 0.0104 e. The molecule has 0 aromatic carbocycles. The van der Waals surface area contributed by atoms with E-state index in [1.807, 2.05) is 14.1 Å². The van der Waals surface area contributed by atoms with Crippen molar-refractivity contribution < 1.29 is 0 Å². The van der Waals surface area contributed by atoms with Crippen LogP contribution in [-0.2, 0) is 0 Å². The number of rotatable bonds is 7. The molecule has 0 unspecified atom stereocenters. The van der Waals surface area contributed by atoms with Gasteiger partial charge >= 0.3 is 0 Å². The van der Waals surface area contributed by atoms with Crippen LogP contribution in [0.4, 0.5) is 0 Å². The predicted molar refractivity (Wildman–Crippen MR) is 65.9 cm³/mol. The van der Waals surface area contributed by atoms with Crippen LogP contribution < -0.4 is 10.6 Å². The molecule has 0 aromatic rings. The largest absolute Gasteiger partial charge is 0.320 e. The lowest BCUT2D eigenvalue weighted by molar-refractivity contribution is 0.336. The van der Waals surface area contributed by atoms with Crippen LogP contribution in [0.2, 0.25) is 0 Å². The number of hydrogen-bond donors (Lipinski definition) is 2. The van der Waals surface area contributed by atoms with Crippen LogP contribution in [-0.4, -0.2) is 52.2 Å². The summed E-state index contributed by atoms with van der Waals surface area (Å²) in [6.07, 6.45) is 2.48. The van der Waals surface area contributed by atoms with Crippen molar-refractivity contribution in [2.24, 2.45) is 0 Å². The van der Waals surface area contributed by atoms with E-state index >= 15 is 0 Å². The zero-order valence-corrected chi connectivity index (χ0v) is 10.7. The highest BCUT2D eigenvalue weighted by Gasteiger charge is 1.91. The molecule has 3 nitrogen and oxygen atoms in total. The molecule has 0 fully saturated rings. The maximum absolute atomic E-state index is 3.12. The highest BCUT2D eigenvalue weighted by atomic mass is 15.1. The molecule has 0 radical (unpaired) electrons. The van der Waals surface area contributed by atoms with E-state index in [1.54, 1.807) is 0 Å². The molecular weight excluding hydrogens is 174 g/mol.